The van der Waals surface area contributed by atoms with Gasteiger partial charge in [-0.2, -0.15) is 5.26 Å². The molecule has 0 atom stereocenters. The lowest BCUT2D eigenvalue weighted by Gasteiger charge is -1.97. The highest BCUT2D eigenvalue weighted by Gasteiger charge is 2.11. The number of aromatic nitrogens is 2. The molecule has 0 aliphatic carbocycles. The van der Waals surface area contributed by atoms with E-state index in [1.807, 2.05) is 6.07 Å². The monoisotopic (exact) mass is 297 g/mol. The molecular formula is C15H11N3O2S. The van der Waals surface area contributed by atoms with Crippen molar-refractivity contribution >= 4 is 20.9 Å². The second-order valence-corrected chi connectivity index (χ2v) is 6.74. The standard InChI is InChI=1S/C15H11N3O2S/c1-21(19,20)12-5-6-13-14(8-12)18-15(17-13)11-4-2-3-10(7-11)9-16/h2-8H,1H3,(H,17,18). The van der Waals surface area contributed by atoms with E-state index in [2.05, 4.69) is 16.0 Å². The first-order valence-electron chi connectivity index (χ1n) is 6.18. The van der Waals surface area contributed by atoms with Crippen LogP contribution >= 0.6 is 0 Å². The third-order valence-electron chi connectivity index (χ3n) is 3.15. The summed E-state index contributed by atoms with van der Waals surface area (Å²) >= 11 is 0. The van der Waals surface area contributed by atoms with Crippen LogP contribution in [0.5, 0.6) is 0 Å². The number of benzene rings is 2. The molecule has 0 radical (unpaired) electrons. The highest BCUT2D eigenvalue weighted by Crippen LogP contribution is 2.23. The number of hydrogen-bond donors (Lipinski definition) is 1. The minimum Gasteiger partial charge on any atom is -0.338 e. The zero-order valence-electron chi connectivity index (χ0n) is 11.2. The maximum atomic E-state index is 11.6. The molecule has 0 bridgehead atoms. The van der Waals surface area contributed by atoms with Gasteiger partial charge in [0.2, 0.25) is 0 Å². The fraction of sp³-hybridized carbons (Fsp3) is 0.0667. The Hall–Kier alpha value is -2.65. The minimum absolute atomic E-state index is 0.246. The molecule has 0 saturated carbocycles. The zero-order valence-corrected chi connectivity index (χ0v) is 12.0. The van der Waals surface area contributed by atoms with E-state index >= 15 is 0 Å². The smallest absolute Gasteiger partial charge is 0.175 e. The van der Waals surface area contributed by atoms with E-state index in [9.17, 15) is 8.42 Å². The van der Waals surface area contributed by atoms with Gasteiger partial charge in [-0.25, -0.2) is 13.4 Å². The van der Waals surface area contributed by atoms with Crippen molar-refractivity contribution in [2.75, 3.05) is 6.26 Å². The molecule has 5 nitrogen and oxygen atoms in total. The normalized spacial score (nSPS) is 11.4. The third kappa shape index (κ3) is 2.51. The molecule has 1 N–H and O–H groups in total. The predicted octanol–water partition coefficient (Wildman–Crippen LogP) is 2.51. The van der Waals surface area contributed by atoms with Gasteiger partial charge in [-0.15, -0.1) is 0 Å². The summed E-state index contributed by atoms with van der Waals surface area (Å²) < 4.78 is 23.1. The van der Waals surface area contributed by atoms with E-state index in [1.165, 1.54) is 12.3 Å². The Morgan fingerprint density at radius 3 is 2.71 bits per heavy atom. The molecule has 0 spiro atoms. The van der Waals surface area contributed by atoms with Crippen LogP contribution in [0, 0.1) is 11.3 Å². The van der Waals surface area contributed by atoms with Crippen LogP contribution < -0.4 is 0 Å². The molecule has 3 aromatic rings. The largest absolute Gasteiger partial charge is 0.338 e. The fourth-order valence-electron chi connectivity index (χ4n) is 2.09. The Morgan fingerprint density at radius 2 is 2.00 bits per heavy atom. The van der Waals surface area contributed by atoms with Gasteiger partial charge in [-0.1, -0.05) is 12.1 Å². The van der Waals surface area contributed by atoms with Gasteiger partial charge in [0.15, 0.2) is 9.84 Å². The van der Waals surface area contributed by atoms with Crippen molar-refractivity contribution in [3.8, 4) is 17.5 Å². The zero-order chi connectivity index (χ0) is 15.0. The number of nitrogens with zero attached hydrogens (tertiary/aromatic N) is 2. The molecule has 3 rings (SSSR count). The molecule has 1 aromatic heterocycles. The van der Waals surface area contributed by atoms with Gasteiger partial charge in [0, 0.05) is 11.8 Å². The SMILES string of the molecule is CS(=O)(=O)c1ccc2nc(-c3cccc(C#N)c3)[nH]c2c1. The summed E-state index contributed by atoms with van der Waals surface area (Å²) in [6.07, 6.45) is 1.17. The van der Waals surface area contributed by atoms with Gasteiger partial charge < -0.3 is 4.98 Å². The summed E-state index contributed by atoms with van der Waals surface area (Å²) in [6, 6.07) is 13.9. The molecule has 0 saturated heterocycles. The highest BCUT2D eigenvalue weighted by molar-refractivity contribution is 7.90. The molecule has 21 heavy (non-hydrogen) atoms. The van der Waals surface area contributed by atoms with Crippen LogP contribution in [0.4, 0.5) is 0 Å². The van der Waals surface area contributed by atoms with Crippen LogP contribution in [0.2, 0.25) is 0 Å². The number of nitrogens with one attached hydrogen (secondary N) is 1. The molecule has 0 aliphatic rings. The second-order valence-electron chi connectivity index (χ2n) is 4.73. The van der Waals surface area contributed by atoms with Crippen LogP contribution in [-0.4, -0.2) is 24.6 Å². The number of sulfone groups is 1. The molecule has 2 aromatic carbocycles. The molecule has 104 valence electrons. The van der Waals surface area contributed by atoms with Crippen molar-refractivity contribution in [3.63, 3.8) is 0 Å². The second kappa shape index (κ2) is 4.72. The van der Waals surface area contributed by atoms with Crippen molar-refractivity contribution in [3.05, 3.63) is 48.0 Å². The fourth-order valence-corrected chi connectivity index (χ4v) is 2.74. The molecule has 1 heterocycles. The first kappa shape index (κ1) is 13.3. The van der Waals surface area contributed by atoms with Gasteiger partial charge in [-0.05, 0) is 30.3 Å². The quantitative estimate of drug-likeness (QED) is 0.787. The summed E-state index contributed by atoms with van der Waals surface area (Å²) in [6.45, 7) is 0. The number of aromatic amines is 1. The van der Waals surface area contributed by atoms with Crippen LogP contribution in [0.25, 0.3) is 22.4 Å². The van der Waals surface area contributed by atoms with Gasteiger partial charge in [0.25, 0.3) is 0 Å². The van der Waals surface area contributed by atoms with E-state index in [4.69, 9.17) is 5.26 Å². The van der Waals surface area contributed by atoms with Crippen LogP contribution in [0.3, 0.4) is 0 Å². The maximum absolute atomic E-state index is 11.6. The van der Waals surface area contributed by atoms with Crippen molar-refractivity contribution in [2.45, 2.75) is 4.90 Å². The summed E-state index contributed by atoms with van der Waals surface area (Å²) in [5, 5.41) is 8.93. The Kier molecular flexibility index (Phi) is 3.00. The van der Waals surface area contributed by atoms with Crippen LogP contribution in [0.15, 0.2) is 47.4 Å². The molecular weight excluding hydrogens is 286 g/mol. The number of hydrogen-bond acceptors (Lipinski definition) is 4. The van der Waals surface area contributed by atoms with E-state index in [0.717, 1.165) is 5.56 Å². The topological polar surface area (TPSA) is 86.6 Å². The maximum Gasteiger partial charge on any atom is 0.175 e. The Bertz CT molecular complexity index is 982. The summed E-state index contributed by atoms with van der Waals surface area (Å²) in [5.41, 5.74) is 2.66. The molecule has 0 amide bonds. The van der Waals surface area contributed by atoms with Crippen molar-refractivity contribution in [1.29, 1.82) is 5.26 Å². The lowest BCUT2D eigenvalue weighted by atomic mass is 10.1. The van der Waals surface area contributed by atoms with Gasteiger partial charge >= 0.3 is 0 Å². The lowest BCUT2D eigenvalue weighted by molar-refractivity contribution is 0.602. The molecule has 0 aliphatic heterocycles. The van der Waals surface area contributed by atoms with E-state index in [1.54, 1.807) is 30.3 Å². The van der Waals surface area contributed by atoms with E-state index in [0.29, 0.717) is 22.4 Å². The number of rotatable bonds is 2. The Morgan fingerprint density at radius 1 is 1.19 bits per heavy atom. The van der Waals surface area contributed by atoms with Crippen molar-refractivity contribution < 1.29 is 8.42 Å². The minimum atomic E-state index is -3.25. The summed E-state index contributed by atoms with van der Waals surface area (Å²) in [7, 11) is -3.25. The number of fused-ring (bicyclic) bond motifs is 1. The average Bonchev–Trinajstić information content (AvgIpc) is 2.89. The van der Waals surface area contributed by atoms with E-state index in [-0.39, 0.29) is 4.90 Å². The van der Waals surface area contributed by atoms with Crippen LogP contribution in [-0.2, 0) is 9.84 Å². The molecule has 0 unspecified atom stereocenters. The van der Waals surface area contributed by atoms with Crippen LogP contribution in [0.1, 0.15) is 5.56 Å². The Balaban J connectivity index is 2.15. The molecule has 6 heteroatoms. The average molecular weight is 297 g/mol. The lowest BCUT2D eigenvalue weighted by Crippen LogP contribution is -1.96. The predicted molar refractivity (Wildman–Crippen MR) is 79.4 cm³/mol. The Labute approximate surface area is 121 Å². The first-order chi connectivity index (χ1) is 9.97. The number of nitriles is 1. The summed E-state index contributed by atoms with van der Waals surface area (Å²) in [4.78, 5) is 7.76. The third-order valence-corrected chi connectivity index (χ3v) is 4.26. The summed E-state index contributed by atoms with van der Waals surface area (Å²) in [5.74, 6) is 0.604. The highest BCUT2D eigenvalue weighted by atomic mass is 32.2. The first-order valence-corrected chi connectivity index (χ1v) is 8.07. The molecule has 0 fully saturated rings. The van der Waals surface area contributed by atoms with E-state index < -0.39 is 9.84 Å². The van der Waals surface area contributed by atoms with Crippen molar-refractivity contribution in [1.82, 2.24) is 9.97 Å². The van der Waals surface area contributed by atoms with Gasteiger partial charge in [0.1, 0.15) is 5.82 Å². The van der Waals surface area contributed by atoms with Crippen molar-refractivity contribution in [2.24, 2.45) is 0 Å². The number of imidazole rings is 1. The van der Waals surface area contributed by atoms with Gasteiger partial charge in [0.05, 0.1) is 27.6 Å². The van der Waals surface area contributed by atoms with Gasteiger partial charge in [-0.3, -0.25) is 0 Å². The number of H-pyrrole nitrogens is 1.